The van der Waals surface area contributed by atoms with E-state index in [-0.39, 0.29) is 12.2 Å². The normalized spacial score (nSPS) is 26.6. The summed E-state index contributed by atoms with van der Waals surface area (Å²) in [6.07, 6.45) is 4.00. The average molecular weight is 413 g/mol. The van der Waals surface area contributed by atoms with E-state index in [1.807, 2.05) is 67.6 Å². The first-order chi connectivity index (χ1) is 14.6. The molecule has 1 aliphatic rings. The lowest BCUT2D eigenvalue weighted by Crippen LogP contribution is -2.63. The minimum atomic E-state index is -1.07. The summed E-state index contributed by atoms with van der Waals surface area (Å²) in [5.41, 5.74) is 1.12. The molecule has 1 N–H and O–H groups in total. The standard InChI is InChI=1S/C26H36O4/c1-3-4-5-12-17-26(27)21(2)28-20-24(29-18-22-13-8-6-9-14-22)25(26)30-19-23-15-10-7-11-16-23/h6-11,13-16,21,24-25,27H,3-5,12,17-20H2,1-2H3/t21?,24?,25?,26-/m1/s1. The number of ether oxygens (including phenoxy) is 3. The largest absolute Gasteiger partial charge is 0.384 e. The smallest absolute Gasteiger partial charge is 0.119 e. The van der Waals surface area contributed by atoms with Crippen molar-refractivity contribution in [3.63, 3.8) is 0 Å². The van der Waals surface area contributed by atoms with Crippen molar-refractivity contribution in [3.8, 4) is 0 Å². The van der Waals surface area contributed by atoms with Gasteiger partial charge in [0, 0.05) is 0 Å². The Labute approximate surface area is 181 Å². The predicted molar refractivity (Wildman–Crippen MR) is 119 cm³/mol. The monoisotopic (exact) mass is 412 g/mol. The first kappa shape index (κ1) is 23.0. The van der Waals surface area contributed by atoms with E-state index in [0.717, 1.165) is 24.0 Å². The maximum atomic E-state index is 11.7. The Morgan fingerprint density at radius 2 is 1.50 bits per heavy atom. The zero-order valence-electron chi connectivity index (χ0n) is 18.3. The van der Waals surface area contributed by atoms with Gasteiger partial charge in [-0.25, -0.2) is 0 Å². The van der Waals surface area contributed by atoms with Crippen LogP contribution in [0.25, 0.3) is 0 Å². The van der Waals surface area contributed by atoms with Crippen molar-refractivity contribution in [1.82, 2.24) is 0 Å². The summed E-state index contributed by atoms with van der Waals surface area (Å²) >= 11 is 0. The van der Waals surface area contributed by atoms with Crippen LogP contribution in [0, 0.1) is 0 Å². The van der Waals surface area contributed by atoms with Crippen LogP contribution in [-0.4, -0.2) is 35.6 Å². The lowest BCUT2D eigenvalue weighted by Gasteiger charge is -2.47. The van der Waals surface area contributed by atoms with Gasteiger partial charge in [0.15, 0.2) is 0 Å². The molecule has 4 atom stereocenters. The average Bonchev–Trinajstić information content (AvgIpc) is 2.78. The van der Waals surface area contributed by atoms with Crippen molar-refractivity contribution in [1.29, 1.82) is 0 Å². The molecule has 0 bridgehead atoms. The van der Waals surface area contributed by atoms with E-state index in [0.29, 0.717) is 26.2 Å². The number of unbranched alkanes of at least 4 members (excludes halogenated alkanes) is 3. The fraction of sp³-hybridized carbons (Fsp3) is 0.538. The Bertz CT molecular complexity index is 720. The van der Waals surface area contributed by atoms with Crippen molar-refractivity contribution in [2.75, 3.05) is 6.61 Å². The van der Waals surface area contributed by atoms with Gasteiger partial charge in [-0.1, -0.05) is 93.3 Å². The highest BCUT2D eigenvalue weighted by molar-refractivity contribution is 5.15. The minimum Gasteiger partial charge on any atom is -0.384 e. The Morgan fingerprint density at radius 1 is 0.900 bits per heavy atom. The van der Waals surface area contributed by atoms with Crippen molar-refractivity contribution in [3.05, 3.63) is 71.8 Å². The molecular weight excluding hydrogens is 376 g/mol. The van der Waals surface area contributed by atoms with Crippen LogP contribution in [0.5, 0.6) is 0 Å². The Morgan fingerprint density at radius 3 is 2.10 bits per heavy atom. The summed E-state index contributed by atoms with van der Waals surface area (Å²) in [5, 5.41) is 11.7. The summed E-state index contributed by atoms with van der Waals surface area (Å²) in [7, 11) is 0. The molecule has 1 aliphatic heterocycles. The van der Waals surface area contributed by atoms with E-state index in [4.69, 9.17) is 14.2 Å². The van der Waals surface area contributed by atoms with Crippen molar-refractivity contribution in [2.45, 2.75) is 83.1 Å². The number of aliphatic hydroxyl groups is 1. The maximum absolute atomic E-state index is 11.7. The quantitative estimate of drug-likeness (QED) is 0.510. The molecule has 0 radical (unpaired) electrons. The van der Waals surface area contributed by atoms with Gasteiger partial charge >= 0.3 is 0 Å². The molecule has 3 rings (SSSR count). The van der Waals surface area contributed by atoms with Crippen LogP contribution in [0.15, 0.2) is 60.7 Å². The van der Waals surface area contributed by atoms with Crippen molar-refractivity contribution in [2.24, 2.45) is 0 Å². The molecule has 0 spiro atoms. The third kappa shape index (κ3) is 6.14. The molecule has 3 unspecified atom stereocenters. The highest BCUT2D eigenvalue weighted by atomic mass is 16.6. The topological polar surface area (TPSA) is 47.9 Å². The van der Waals surface area contributed by atoms with Gasteiger partial charge in [-0.3, -0.25) is 0 Å². The summed E-state index contributed by atoms with van der Waals surface area (Å²) in [6.45, 7) is 5.48. The maximum Gasteiger partial charge on any atom is 0.119 e. The Hall–Kier alpha value is -1.72. The van der Waals surface area contributed by atoms with Crippen LogP contribution in [0.1, 0.15) is 57.1 Å². The van der Waals surface area contributed by atoms with Gasteiger partial charge in [0.25, 0.3) is 0 Å². The predicted octanol–water partition coefficient (Wildman–Crippen LogP) is 5.28. The molecule has 0 aliphatic carbocycles. The third-order valence-corrected chi connectivity index (χ3v) is 6.05. The number of hydrogen-bond donors (Lipinski definition) is 1. The van der Waals surface area contributed by atoms with Crippen LogP contribution >= 0.6 is 0 Å². The van der Waals surface area contributed by atoms with Crippen LogP contribution in [-0.2, 0) is 27.4 Å². The molecule has 164 valence electrons. The van der Waals surface area contributed by atoms with Gasteiger partial charge in [0.2, 0.25) is 0 Å². The van der Waals surface area contributed by atoms with Crippen molar-refractivity contribution < 1.29 is 19.3 Å². The van der Waals surface area contributed by atoms with Crippen LogP contribution in [0.4, 0.5) is 0 Å². The molecule has 30 heavy (non-hydrogen) atoms. The number of benzene rings is 2. The van der Waals surface area contributed by atoms with Gasteiger partial charge in [0.1, 0.15) is 17.8 Å². The van der Waals surface area contributed by atoms with Gasteiger partial charge < -0.3 is 19.3 Å². The zero-order chi connectivity index (χ0) is 21.2. The summed E-state index contributed by atoms with van der Waals surface area (Å²) in [6, 6.07) is 20.2. The molecule has 4 nitrogen and oxygen atoms in total. The Balaban J connectivity index is 1.72. The summed E-state index contributed by atoms with van der Waals surface area (Å²) in [5.74, 6) is 0. The Kier molecular flexibility index (Phi) is 8.88. The van der Waals surface area contributed by atoms with Gasteiger partial charge in [-0.05, 0) is 24.5 Å². The highest BCUT2D eigenvalue weighted by Crippen LogP contribution is 2.35. The molecule has 1 heterocycles. The molecule has 1 fully saturated rings. The van der Waals surface area contributed by atoms with Gasteiger partial charge in [-0.2, -0.15) is 0 Å². The highest BCUT2D eigenvalue weighted by Gasteiger charge is 2.51. The van der Waals surface area contributed by atoms with E-state index in [1.165, 1.54) is 12.8 Å². The van der Waals surface area contributed by atoms with E-state index < -0.39 is 11.7 Å². The molecule has 2 aromatic carbocycles. The molecular formula is C26H36O4. The SMILES string of the molecule is CCCCCC[C@@]1(O)C(C)OCC(OCc2ccccc2)C1OCc1ccccc1. The van der Waals surface area contributed by atoms with Crippen molar-refractivity contribution >= 4 is 0 Å². The van der Waals surface area contributed by atoms with Gasteiger partial charge in [0.05, 0.1) is 25.9 Å². The second-order valence-electron chi connectivity index (χ2n) is 8.33. The fourth-order valence-corrected chi connectivity index (χ4v) is 4.13. The molecule has 1 saturated heterocycles. The summed E-state index contributed by atoms with van der Waals surface area (Å²) < 4.78 is 18.6. The third-order valence-electron chi connectivity index (χ3n) is 6.05. The van der Waals surface area contributed by atoms with Crippen LogP contribution in [0.3, 0.4) is 0 Å². The van der Waals surface area contributed by atoms with E-state index >= 15 is 0 Å². The minimum absolute atomic E-state index is 0.295. The van der Waals surface area contributed by atoms with Crippen LogP contribution < -0.4 is 0 Å². The molecule has 4 heteroatoms. The van der Waals surface area contributed by atoms with E-state index in [2.05, 4.69) is 6.92 Å². The first-order valence-electron chi connectivity index (χ1n) is 11.3. The molecule has 0 aromatic heterocycles. The number of hydrogen-bond acceptors (Lipinski definition) is 4. The second kappa shape index (κ2) is 11.6. The first-order valence-corrected chi connectivity index (χ1v) is 11.3. The molecule has 2 aromatic rings. The number of rotatable bonds is 11. The fourth-order valence-electron chi connectivity index (χ4n) is 4.13. The second-order valence-corrected chi connectivity index (χ2v) is 8.33. The van der Waals surface area contributed by atoms with Crippen LogP contribution in [0.2, 0.25) is 0 Å². The van der Waals surface area contributed by atoms with Gasteiger partial charge in [-0.15, -0.1) is 0 Å². The lowest BCUT2D eigenvalue weighted by atomic mass is 9.81. The van der Waals surface area contributed by atoms with E-state index in [1.54, 1.807) is 0 Å². The molecule has 0 saturated carbocycles. The summed E-state index contributed by atoms with van der Waals surface area (Å²) in [4.78, 5) is 0. The van der Waals surface area contributed by atoms with E-state index in [9.17, 15) is 5.11 Å². The molecule has 0 amide bonds. The zero-order valence-corrected chi connectivity index (χ0v) is 18.3. The lowest BCUT2D eigenvalue weighted by molar-refractivity contribution is -0.267.